The van der Waals surface area contributed by atoms with Crippen molar-refractivity contribution in [2.24, 2.45) is 5.92 Å². The second-order valence-corrected chi connectivity index (χ2v) is 5.13. The first-order chi connectivity index (χ1) is 8.33. The van der Waals surface area contributed by atoms with Crippen molar-refractivity contribution >= 4 is 17.2 Å². The topological polar surface area (TPSA) is 43.1 Å². The van der Waals surface area contributed by atoms with Crippen LogP contribution in [0, 0.1) is 5.92 Å². The van der Waals surface area contributed by atoms with Gasteiger partial charge < -0.3 is 0 Å². The first kappa shape index (κ1) is 11.0. The molecule has 17 heavy (non-hydrogen) atoms. The molecular formula is C12H15ClN4. The van der Waals surface area contributed by atoms with Gasteiger partial charge in [0, 0.05) is 12.5 Å². The summed E-state index contributed by atoms with van der Waals surface area (Å²) in [6.07, 6.45) is 9.44. The standard InChI is InChI=1S/C12H15ClN4/c13-10-7-12-16-15-11(17(12)8-14-10)6-5-9-3-1-2-4-9/h7-9H,1-6H2. The molecule has 1 saturated carbocycles. The Balaban J connectivity index is 1.76. The van der Waals surface area contributed by atoms with E-state index in [0.29, 0.717) is 5.15 Å². The Kier molecular flexibility index (Phi) is 2.97. The molecule has 0 saturated heterocycles. The molecule has 0 spiro atoms. The van der Waals surface area contributed by atoms with Crippen molar-refractivity contribution in [3.63, 3.8) is 0 Å². The summed E-state index contributed by atoms with van der Waals surface area (Å²) in [5.41, 5.74) is 0.784. The van der Waals surface area contributed by atoms with Gasteiger partial charge in [-0.3, -0.25) is 4.40 Å². The normalized spacial score (nSPS) is 17.0. The predicted octanol–water partition coefficient (Wildman–Crippen LogP) is 2.90. The quantitative estimate of drug-likeness (QED) is 0.787. The average Bonchev–Trinajstić information content (AvgIpc) is 2.94. The third-order valence-electron chi connectivity index (χ3n) is 3.59. The van der Waals surface area contributed by atoms with Crippen LogP contribution in [0.4, 0.5) is 0 Å². The zero-order valence-electron chi connectivity index (χ0n) is 9.64. The van der Waals surface area contributed by atoms with Crippen molar-refractivity contribution in [2.45, 2.75) is 38.5 Å². The van der Waals surface area contributed by atoms with Gasteiger partial charge in [0.15, 0.2) is 5.65 Å². The number of aromatic nitrogens is 4. The lowest BCUT2D eigenvalue weighted by atomic mass is 10.0. The molecule has 0 aliphatic heterocycles. The second-order valence-electron chi connectivity index (χ2n) is 4.75. The highest BCUT2D eigenvalue weighted by Crippen LogP contribution is 2.28. The number of nitrogens with zero attached hydrogens (tertiary/aromatic N) is 4. The Morgan fingerprint density at radius 2 is 2.12 bits per heavy atom. The van der Waals surface area contributed by atoms with Crippen LogP contribution in [0.1, 0.15) is 37.9 Å². The van der Waals surface area contributed by atoms with E-state index in [4.69, 9.17) is 11.6 Å². The number of halogens is 1. The van der Waals surface area contributed by atoms with Crippen LogP contribution in [0.3, 0.4) is 0 Å². The molecule has 0 aromatic carbocycles. The highest BCUT2D eigenvalue weighted by atomic mass is 35.5. The molecule has 90 valence electrons. The smallest absolute Gasteiger partial charge is 0.165 e. The molecular weight excluding hydrogens is 236 g/mol. The second kappa shape index (κ2) is 4.61. The summed E-state index contributed by atoms with van der Waals surface area (Å²) in [5.74, 6) is 1.87. The minimum absolute atomic E-state index is 0.465. The lowest BCUT2D eigenvalue weighted by Gasteiger charge is -2.06. The van der Waals surface area contributed by atoms with Crippen LogP contribution in [0.5, 0.6) is 0 Å². The van der Waals surface area contributed by atoms with Crippen LogP contribution in [-0.2, 0) is 6.42 Å². The van der Waals surface area contributed by atoms with Gasteiger partial charge in [0.25, 0.3) is 0 Å². The summed E-state index contributed by atoms with van der Waals surface area (Å²) in [4.78, 5) is 4.07. The van der Waals surface area contributed by atoms with Gasteiger partial charge in [-0.15, -0.1) is 10.2 Å². The molecule has 2 heterocycles. The number of hydrogen-bond donors (Lipinski definition) is 0. The van der Waals surface area contributed by atoms with Gasteiger partial charge >= 0.3 is 0 Å². The summed E-state index contributed by atoms with van der Waals surface area (Å²) in [6.45, 7) is 0. The Morgan fingerprint density at radius 3 is 2.94 bits per heavy atom. The minimum Gasteiger partial charge on any atom is -0.269 e. The van der Waals surface area contributed by atoms with Crippen molar-refractivity contribution in [2.75, 3.05) is 0 Å². The summed E-state index contributed by atoms with van der Waals surface area (Å²) in [5, 5.41) is 8.79. The third-order valence-corrected chi connectivity index (χ3v) is 3.80. The molecule has 0 unspecified atom stereocenters. The van der Waals surface area contributed by atoms with Gasteiger partial charge in [-0.05, 0) is 12.3 Å². The van der Waals surface area contributed by atoms with Crippen LogP contribution >= 0.6 is 11.6 Å². The summed E-state index contributed by atoms with van der Waals surface area (Å²) < 4.78 is 1.93. The molecule has 0 bridgehead atoms. The first-order valence-electron chi connectivity index (χ1n) is 6.18. The van der Waals surface area contributed by atoms with Gasteiger partial charge in [0.1, 0.15) is 17.3 Å². The van der Waals surface area contributed by atoms with Gasteiger partial charge in [0.05, 0.1) is 0 Å². The highest BCUT2D eigenvalue weighted by Gasteiger charge is 2.16. The molecule has 1 fully saturated rings. The minimum atomic E-state index is 0.465. The highest BCUT2D eigenvalue weighted by molar-refractivity contribution is 6.29. The van der Waals surface area contributed by atoms with E-state index < -0.39 is 0 Å². The lowest BCUT2D eigenvalue weighted by molar-refractivity contribution is 0.495. The van der Waals surface area contributed by atoms with Crippen LogP contribution in [0.25, 0.3) is 5.65 Å². The van der Waals surface area contributed by atoms with Crippen LogP contribution in [0.2, 0.25) is 5.15 Å². The lowest BCUT2D eigenvalue weighted by Crippen LogP contribution is -2.01. The Labute approximate surface area is 105 Å². The molecule has 2 aromatic heterocycles. The summed E-state index contributed by atoms with van der Waals surface area (Å²) in [6, 6.07) is 1.74. The van der Waals surface area contributed by atoms with E-state index in [9.17, 15) is 0 Å². The number of aryl methyl sites for hydroxylation is 1. The fraction of sp³-hybridized carbons (Fsp3) is 0.583. The zero-order valence-corrected chi connectivity index (χ0v) is 10.4. The maximum Gasteiger partial charge on any atom is 0.165 e. The van der Waals surface area contributed by atoms with Crippen molar-refractivity contribution in [3.05, 3.63) is 23.4 Å². The van der Waals surface area contributed by atoms with Crippen LogP contribution in [0.15, 0.2) is 12.4 Å². The van der Waals surface area contributed by atoms with E-state index in [0.717, 1.165) is 23.8 Å². The Bertz CT molecular complexity index is 516. The van der Waals surface area contributed by atoms with E-state index in [-0.39, 0.29) is 0 Å². The summed E-state index contributed by atoms with van der Waals surface area (Å²) >= 11 is 5.82. The molecule has 1 aliphatic rings. The van der Waals surface area contributed by atoms with Crippen molar-refractivity contribution < 1.29 is 0 Å². The van der Waals surface area contributed by atoms with E-state index in [1.54, 1.807) is 12.4 Å². The molecule has 3 rings (SSSR count). The van der Waals surface area contributed by atoms with Crippen molar-refractivity contribution in [1.82, 2.24) is 19.6 Å². The fourth-order valence-electron chi connectivity index (χ4n) is 2.62. The van der Waals surface area contributed by atoms with Gasteiger partial charge in [-0.25, -0.2) is 4.98 Å². The molecule has 4 nitrogen and oxygen atoms in total. The zero-order chi connectivity index (χ0) is 11.7. The largest absolute Gasteiger partial charge is 0.269 e. The molecule has 0 radical (unpaired) electrons. The molecule has 0 N–H and O–H groups in total. The monoisotopic (exact) mass is 250 g/mol. The maximum absolute atomic E-state index is 5.82. The van der Waals surface area contributed by atoms with E-state index >= 15 is 0 Å². The summed E-state index contributed by atoms with van der Waals surface area (Å²) in [7, 11) is 0. The number of hydrogen-bond acceptors (Lipinski definition) is 3. The maximum atomic E-state index is 5.82. The molecule has 0 atom stereocenters. The Hall–Kier alpha value is -1.16. The van der Waals surface area contributed by atoms with E-state index in [2.05, 4.69) is 15.2 Å². The van der Waals surface area contributed by atoms with E-state index in [1.165, 1.54) is 32.1 Å². The van der Waals surface area contributed by atoms with Crippen molar-refractivity contribution in [1.29, 1.82) is 0 Å². The van der Waals surface area contributed by atoms with Crippen LogP contribution in [-0.4, -0.2) is 19.6 Å². The third kappa shape index (κ3) is 2.27. The van der Waals surface area contributed by atoms with Gasteiger partial charge in [0.2, 0.25) is 0 Å². The average molecular weight is 251 g/mol. The predicted molar refractivity (Wildman–Crippen MR) is 66.1 cm³/mol. The molecule has 5 heteroatoms. The Morgan fingerprint density at radius 1 is 1.29 bits per heavy atom. The number of rotatable bonds is 3. The number of fused-ring (bicyclic) bond motifs is 1. The fourth-order valence-corrected chi connectivity index (χ4v) is 2.76. The van der Waals surface area contributed by atoms with Crippen LogP contribution < -0.4 is 0 Å². The SMILES string of the molecule is Clc1cc2nnc(CCC3CCCC3)n2cn1. The molecule has 0 amide bonds. The van der Waals surface area contributed by atoms with Crippen molar-refractivity contribution in [3.8, 4) is 0 Å². The van der Waals surface area contributed by atoms with Gasteiger partial charge in [-0.2, -0.15) is 0 Å². The first-order valence-corrected chi connectivity index (χ1v) is 6.56. The van der Waals surface area contributed by atoms with Gasteiger partial charge in [-0.1, -0.05) is 37.3 Å². The molecule has 2 aromatic rings. The van der Waals surface area contributed by atoms with E-state index in [1.807, 2.05) is 4.40 Å². The molecule has 1 aliphatic carbocycles.